The predicted octanol–water partition coefficient (Wildman–Crippen LogP) is 5.05. The van der Waals surface area contributed by atoms with Crippen LogP contribution in [0.25, 0.3) is 0 Å². The van der Waals surface area contributed by atoms with E-state index in [4.69, 9.17) is 10.2 Å². The number of aromatic nitrogens is 1. The largest absolute Gasteiger partial charge is 0.533 e. The average Bonchev–Trinajstić information content (AvgIpc) is 3.51. The molecule has 30 heavy (non-hydrogen) atoms. The van der Waals surface area contributed by atoms with Crippen molar-refractivity contribution in [1.82, 2.24) is 4.57 Å². The summed E-state index contributed by atoms with van der Waals surface area (Å²) in [7, 11) is 0. The zero-order valence-electron chi connectivity index (χ0n) is 17.0. The first-order valence-corrected chi connectivity index (χ1v) is 10.8. The van der Waals surface area contributed by atoms with Gasteiger partial charge in [-0.3, -0.25) is 4.79 Å². The Bertz CT molecular complexity index is 1000. The highest BCUT2D eigenvalue weighted by atomic mass is 32.1. The van der Waals surface area contributed by atoms with Crippen molar-refractivity contribution in [3.8, 4) is 0 Å². The molecule has 0 atom stereocenters. The number of carbonyl (C=O) groups excluding carboxylic acids is 1. The number of thiophene rings is 1. The smallest absolute Gasteiger partial charge is 0.434 e. The molecule has 2 aromatic heterocycles. The first-order valence-electron chi connectivity index (χ1n) is 9.91. The van der Waals surface area contributed by atoms with Crippen LogP contribution in [-0.2, 0) is 25.8 Å². The minimum absolute atomic E-state index is 0.217. The van der Waals surface area contributed by atoms with Crippen molar-refractivity contribution in [3.05, 3.63) is 69.5 Å². The highest BCUT2D eigenvalue weighted by Crippen LogP contribution is 2.32. The second-order valence-corrected chi connectivity index (χ2v) is 7.99. The van der Waals surface area contributed by atoms with Crippen LogP contribution in [0.5, 0.6) is 0 Å². The molecule has 2 aliphatic rings. The Hall–Kier alpha value is -2.97. The van der Waals surface area contributed by atoms with Gasteiger partial charge in [-0.05, 0) is 60.4 Å². The lowest BCUT2D eigenvalue weighted by atomic mass is 10.00. The van der Waals surface area contributed by atoms with Crippen LogP contribution in [0.4, 0.5) is 9.59 Å². The molecule has 7 nitrogen and oxygen atoms in total. The number of ketones is 1. The number of rotatable bonds is 4. The van der Waals surface area contributed by atoms with Crippen molar-refractivity contribution in [2.75, 3.05) is 0 Å². The van der Waals surface area contributed by atoms with E-state index in [2.05, 4.69) is 18.4 Å². The van der Waals surface area contributed by atoms with Crippen LogP contribution < -0.4 is 0 Å². The third-order valence-electron chi connectivity index (χ3n) is 5.44. The number of hydrogen-bond acceptors (Lipinski definition) is 4. The third-order valence-corrected chi connectivity index (χ3v) is 6.31. The van der Waals surface area contributed by atoms with E-state index < -0.39 is 16.7 Å². The van der Waals surface area contributed by atoms with Gasteiger partial charge in [0, 0.05) is 12.2 Å². The lowest BCUT2D eigenvalue weighted by Crippen LogP contribution is -2.45. The summed E-state index contributed by atoms with van der Waals surface area (Å²) in [5.41, 5.74) is 5.10. The van der Waals surface area contributed by atoms with Gasteiger partial charge in [-0.15, -0.1) is 11.3 Å². The first-order chi connectivity index (χ1) is 14.4. The van der Waals surface area contributed by atoms with Crippen LogP contribution >= 0.6 is 11.3 Å². The Kier molecular flexibility index (Phi) is 6.38. The lowest BCUT2D eigenvalue weighted by molar-refractivity contribution is -0.669. The summed E-state index contributed by atoms with van der Waals surface area (Å²) in [4.78, 5) is 34.5. The highest BCUT2D eigenvalue weighted by molar-refractivity contribution is 7.12. The molecule has 0 saturated carbocycles. The first kappa shape index (κ1) is 21.7. The number of carboxylic acid groups (broad SMARTS) is 2. The van der Waals surface area contributed by atoms with Gasteiger partial charge in [-0.1, -0.05) is 24.4 Å². The van der Waals surface area contributed by atoms with Crippen molar-refractivity contribution >= 4 is 29.3 Å². The minimum atomic E-state index is -1.43. The molecule has 0 aliphatic carbocycles. The molecule has 0 spiro atoms. The molecule has 158 valence electrons. The number of allylic oxidation sites excluding steroid dienone is 2. The molecule has 2 N–H and O–H groups in total. The van der Waals surface area contributed by atoms with Crippen molar-refractivity contribution in [3.63, 3.8) is 0 Å². The lowest BCUT2D eigenvalue weighted by Gasteiger charge is -2.13. The Balaban J connectivity index is 0.000000199. The Morgan fingerprint density at radius 2 is 1.70 bits per heavy atom. The monoisotopic (exact) mass is 429 g/mol. The fraction of sp³-hybridized carbons (Fsp3) is 0.318. The van der Waals surface area contributed by atoms with Gasteiger partial charge >= 0.3 is 12.2 Å². The maximum Gasteiger partial charge on any atom is 0.533 e. The molecule has 8 heteroatoms. The van der Waals surface area contributed by atoms with Gasteiger partial charge in [0.05, 0.1) is 10.6 Å². The second-order valence-electron chi connectivity index (χ2n) is 7.05. The van der Waals surface area contributed by atoms with E-state index in [1.165, 1.54) is 35.4 Å². The summed E-state index contributed by atoms with van der Waals surface area (Å²) in [5.74, 6) is 0.217. The second kappa shape index (κ2) is 8.81. The van der Waals surface area contributed by atoms with Gasteiger partial charge in [0.25, 0.3) is 0 Å². The van der Waals surface area contributed by atoms with E-state index in [9.17, 15) is 14.4 Å². The topological polar surface area (TPSA) is 96.6 Å². The molecule has 2 aromatic rings. The highest BCUT2D eigenvalue weighted by Gasteiger charge is 2.43. The zero-order chi connectivity index (χ0) is 21.9. The van der Waals surface area contributed by atoms with E-state index in [0.717, 1.165) is 48.8 Å². The molecule has 0 bridgehead atoms. The molecule has 2 amide bonds. The van der Waals surface area contributed by atoms with Crippen molar-refractivity contribution in [2.45, 2.75) is 46.1 Å². The van der Waals surface area contributed by atoms with Gasteiger partial charge in [-0.25, -0.2) is 0 Å². The summed E-state index contributed by atoms with van der Waals surface area (Å²) in [6.07, 6.45) is 6.35. The van der Waals surface area contributed by atoms with Crippen molar-refractivity contribution in [2.24, 2.45) is 0 Å². The van der Waals surface area contributed by atoms with Gasteiger partial charge in [0.15, 0.2) is 0 Å². The van der Waals surface area contributed by atoms with Crippen LogP contribution in [-0.4, -0.2) is 37.2 Å². The van der Waals surface area contributed by atoms with E-state index in [1.807, 2.05) is 17.5 Å². The summed E-state index contributed by atoms with van der Waals surface area (Å²) in [6.45, 7) is 5.37. The maximum atomic E-state index is 12.8. The molecular weight excluding hydrogens is 404 g/mol. The van der Waals surface area contributed by atoms with Gasteiger partial charge in [-0.2, -0.15) is 9.59 Å². The number of nitrogens with zero attached hydrogens (tertiary/aromatic N) is 2. The number of amides is 2. The van der Waals surface area contributed by atoms with Crippen molar-refractivity contribution < 1.29 is 29.1 Å². The standard InChI is InChI=1S/C16H19NOS.C6H5NO4/c1-3-11-12(4-2)15(17-9-5-7-13(11)17)16(18)14-8-6-10-19-14;8-5(9)7(6(10)11)3-1-2-4-7/h6,8,10H,3-5,7,9H2,1-2H3;1-4H,(H-,8,9,10,11)/p+1. The molecular formula is C22H25N2O5S+. The molecule has 4 heterocycles. The summed E-state index contributed by atoms with van der Waals surface area (Å²) < 4.78 is 1.12. The summed E-state index contributed by atoms with van der Waals surface area (Å²) in [6, 6.07) is 3.89. The van der Waals surface area contributed by atoms with E-state index >= 15 is 0 Å². The fourth-order valence-electron chi connectivity index (χ4n) is 4.05. The normalized spacial score (nSPS) is 15.5. The van der Waals surface area contributed by atoms with E-state index in [1.54, 1.807) is 11.3 Å². The van der Waals surface area contributed by atoms with Crippen molar-refractivity contribution in [1.29, 1.82) is 0 Å². The number of carbonyl (C=O) groups is 3. The maximum absolute atomic E-state index is 12.8. The zero-order valence-corrected chi connectivity index (χ0v) is 17.8. The van der Waals surface area contributed by atoms with Crippen LogP contribution in [0.1, 0.15) is 52.5 Å². The molecule has 0 saturated heterocycles. The Morgan fingerprint density at radius 3 is 2.17 bits per heavy atom. The molecule has 0 aromatic carbocycles. The third kappa shape index (κ3) is 3.64. The minimum Gasteiger partial charge on any atom is -0.434 e. The molecule has 4 rings (SSSR count). The molecule has 0 fully saturated rings. The SMILES string of the molecule is CCc1c(CC)c(C(=O)c2cccs2)n2c1CCC2.O=C(O)[N+]1(C(=O)O)C=CC=C1. The molecule has 0 radical (unpaired) electrons. The Morgan fingerprint density at radius 1 is 1.07 bits per heavy atom. The Labute approximate surface area is 178 Å². The van der Waals surface area contributed by atoms with Crippen LogP contribution in [0.3, 0.4) is 0 Å². The average molecular weight is 430 g/mol. The van der Waals surface area contributed by atoms with Crippen LogP contribution in [0.15, 0.2) is 42.1 Å². The van der Waals surface area contributed by atoms with E-state index in [-0.39, 0.29) is 5.78 Å². The predicted molar refractivity (Wildman–Crippen MR) is 114 cm³/mol. The van der Waals surface area contributed by atoms with Gasteiger partial charge in [0.1, 0.15) is 12.4 Å². The van der Waals surface area contributed by atoms with Gasteiger partial charge in [0.2, 0.25) is 5.78 Å². The number of imide groups is 1. The molecule has 0 unspecified atom stereocenters. The summed E-state index contributed by atoms with van der Waals surface area (Å²) in [5, 5.41) is 19.0. The number of fused-ring (bicyclic) bond motifs is 1. The quantitative estimate of drug-likeness (QED) is 0.524. The summed E-state index contributed by atoms with van der Waals surface area (Å²) >= 11 is 1.54. The molecule has 2 aliphatic heterocycles. The van der Waals surface area contributed by atoms with Gasteiger partial charge < -0.3 is 14.8 Å². The number of hydrogen-bond donors (Lipinski definition) is 2. The van der Waals surface area contributed by atoms with Crippen LogP contribution in [0.2, 0.25) is 0 Å². The fourth-order valence-corrected chi connectivity index (χ4v) is 4.72. The van der Waals surface area contributed by atoms with E-state index in [0.29, 0.717) is 0 Å². The van der Waals surface area contributed by atoms with Crippen LogP contribution in [0, 0.1) is 0 Å². The number of quaternary nitrogens is 1.